The Hall–Kier alpha value is -3.33. The van der Waals surface area contributed by atoms with Gasteiger partial charge in [0.2, 0.25) is 0 Å². The van der Waals surface area contributed by atoms with E-state index in [-0.39, 0.29) is 11.4 Å². The highest BCUT2D eigenvalue weighted by atomic mass is 19.3. The second-order valence-electron chi connectivity index (χ2n) is 7.62. The van der Waals surface area contributed by atoms with E-state index in [1.807, 2.05) is 27.0 Å². The van der Waals surface area contributed by atoms with Gasteiger partial charge in [-0.25, -0.2) is 18.7 Å². The number of nitrogens with two attached hydrogens (primary N) is 1. The molecule has 7 nitrogen and oxygen atoms in total. The fraction of sp³-hybridized carbons (Fsp3) is 0.286. The topological polar surface area (TPSA) is 94.3 Å². The summed E-state index contributed by atoms with van der Waals surface area (Å²) in [4.78, 5) is 8.82. The maximum atomic E-state index is 13.4. The minimum atomic E-state index is -2.92. The quantitative estimate of drug-likeness (QED) is 0.535. The van der Waals surface area contributed by atoms with Gasteiger partial charge in [-0.05, 0) is 44.0 Å². The number of nitrogen functional groups attached to an aromatic ring is 1. The number of alkyl halides is 2. The van der Waals surface area contributed by atoms with E-state index in [0.29, 0.717) is 22.6 Å². The molecule has 1 aromatic carbocycles. The van der Waals surface area contributed by atoms with Gasteiger partial charge >= 0.3 is 0 Å². The van der Waals surface area contributed by atoms with Crippen LogP contribution >= 0.6 is 0 Å². The Labute approximate surface area is 171 Å². The Kier molecular flexibility index (Phi) is 4.58. The van der Waals surface area contributed by atoms with Crippen LogP contribution in [0.1, 0.15) is 23.7 Å². The highest BCUT2D eigenvalue weighted by Crippen LogP contribution is 2.34. The number of imidazole rings is 1. The van der Waals surface area contributed by atoms with Crippen molar-refractivity contribution in [3.8, 4) is 22.6 Å². The zero-order valence-corrected chi connectivity index (χ0v) is 17.1. The van der Waals surface area contributed by atoms with Gasteiger partial charge in [-0.3, -0.25) is 9.08 Å². The predicted octanol–water partition coefficient (Wildman–Crippen LogP) is 3.47. The molecule has 1 unspecified atom stereocenters. The molecule has 156 valence electrons. The summed E-state index contributed by atoms with van der Waals surface area (Å²) in [5.41, 5.74) is 8.88. The fourth-order valence-corrected chi connectivity index (χ4v) is 3.52. The SMILES string of the molecule is Cc1cc(-c2cn3c(-c4cc(C(C)(O)C(F)F)ccc4C)cnc3c(N)n2)n(C)n1. The predicted molar refractivity (Wildman–Crippen MR) is 110 cm³/mol. The van der Waals surface area contributed by atoms with Gasteiger partial charge in [0.05, 0.1) is 23.3 Å². The Balaban J connectivity index is 1.93. The molecule has 3 heterocycles. The molecule has 1 atom stereocenters. The average molecular weight is 412 g/mol. The number of aliphatic hydroxyl groups is 1. The molecule has 30 heavy (non-hydrogen) atoms. The van der Waals surface area contributed by atoms with Crippen molar-refractivity contribution in [2.75, 3.05) is 5.73 Å². The summed E-state index contributed by atoms with van der Waals surface area (Å²) in [6.45, 7) is 4.86. The number of halogens is 2. The molecule has 0 aliphatic rings. The van der Waals surface area contributed by atoms with E-state index in [0.717, 1.165) is 23.9 Å². The molecular weight excluding hydrogens is 390 g/mol. The molecule has 0 saturated heterocycles. The first kappa shape index (κ1) is 20.0. The number of aromatic nitrogens is 5. The lowest BCUT2D eigenvalue weighted by Gasteiger charge is -2.23. The van der Waals surface area contributed by atoms with Gasteiger partial charge in [0.15, 0.2) is 11.5 Å². The summed E-state index contributed by atoms with van der Waals surface area (Å²) in [6, 6.07) is 6.68. The molecular formula is C21H22F2N6O. The first-order valence-corrected chi connectivity index (χ1v) is 9.36. The van der Waals surface area contributed by atoms with Crippen molar-refractivity contribution < 1.29 is 13.9 Å². The monoisotopic (exact) mass is 412 g/mol. The van der Waals surface area contributed by atoms with Crippen LogP contribution < -0.4 is 5.73 Å². The Morgan fingerprint density at radius 2 is 1.90 bits per heavy atom. The van der Waals surface area contributed by atoms with Crippen LogP contribution in [0.15, 0.2) is 36.7 Å². The molecule has 3 aromatic heterocycles. The van der Waals surface area contributed by atoms with Crippen molar-refractivity contribution in [1.82, 2.24) is 24.1 Å². The summed E-state index contributed by atoms with van der Waals surface area (Å²) in [5, 5.41) is 14.6. The van der Waals surface area contributed by atoms with Crippen LogP contribution in [0.4, 0.5) is 14.6 Å². The number of nitrogens with zero attached hydrogens (tertiary/aromatic N) is 5. The third-order valence-electron chi connectivity index (χ3n) is 5.31. The number of benzene rings is 1. The molecule has 0 fully saturated rings. The second-order valence-corrected chi connectivity index (χ2v) is 7.62. The first-order valence-electron chi connectivity index (χ1n) is 9.36. The lowest BCUT2D eigenvalue weighted by Crippen LogP contribution is -2.30. The fourth-order valence-electron chi connectivity index (χ4n) is 3.52. The molecule has 0 aliphatic heterocycles. The van der Waals surface area contributed by atoms with Crippen LogP contribution in [0.3, 0.4) is 0 Å². The minimum Gasteiger partial charge on any atom is -0.381 e. The minimum absolute atomic E-state index is 0.123. The van der Waals surface area contributed by atoms with Crippen molar-refractivity contribution in [1.29, 1.82) is 0 Å². The third kappa shape index (κ3) is 3.11. The van der Waals surface area contributed by atoms with Crippen LogP contribution in [0, 0.1) is 13.8 Å². The number of hydrogen-bond donors (Lipinski definition) is 2. The van der Waals surface area contributed by atoms with Crippen molar-refractivity contribution in [3.05, 3.63) is 53.5 Å². The van der Waals surface area contributed by atoms with E-state index in [1.54, 1.807) is 33.6 Å². The Morgan fingerprint density at radius 3 is 2.53 bits per heavy atom. The zero-order valence-electron chi connectivity index (χ0n) is 17.1. The maximum absolute atomic E-state index is 13.4. The molecule has 0 bridgehead atoms. The van der Waals surface area contributed by atoms with Crippen LogP contribution in [0.25, 0.3) is 28.3 Å². The van der Waals surface area contributed by atoms with Crippen molar-refractivity contribution in [3.63, 3.8) is 0 Å². The van der Waals surface area contributed by atoms with Gasteiger partial charge in [0, 0.05) is 18.8 Å². The van der Waals surface area contributed by atoms with E-state index in [9.17, 15) is 13.9 Å². The summed E-state index contributed by atoms with van der Waals surface area (Å²) in [6.07, 6.45) is 0.492. The number of hydrogen-bond acceptors (Lipinski definition) is 5. The van der Waals surface area contributed by atoms with E-state index < -0.39 is 12.0 Å². The summed E-state index contributed by atoms with van der Waals surface area (Å²) < 4.78 is 30.2. The lowest BCUT2D eigenvalue weighted by atomic mass is 9.92. The molecule has 0 saturated carbocycles. The highest BCUT2D eigenvalue weighted by Gasteiger charge is 2.34. The number of fused-ring (bicyclic) bond motifs is 1. The standard InChI is InChI=1S/C21H22F2N6O/c1-11-5-6-13(21(3,30)20(22)23)8-14(11)17-9-25-19-18(24)26-15(10-29(17)19)16-7-12(2)27-28(16)4/h5-10,20,30H,1-4H3,(H2,24,26). The van der Waals surface area contributed by atoms with E-state index in [2.05, 4.69) is 15.1 Å². The number of anilines is 1. The summed E-state index contributed by atoms with van der Waals surface area (Å²) >= 11 is 0. The molecule has 4 aromatic rings. The summed E-state index contributed by atoms with van der Waals surface area (Å²) in [7, 11) is 1.82. The van der Waals surface area contributed by atoms with Crippen molar-refractivity contribution in [2.45, 2.75) is 32.8 Å². The number of rotatable bonds is 4. The second kappa shape index (κ2) is 6.88. The van der Waals surface area contributed by atoms with Gasteiger partial charge in [0.1, 0.15) is 11.3 Å². The van der Waals surface area contributed by atoms with E-state index in [1.165, 1.54) is 6.07 Å². The summed E-state index contributed by atoms with van der Waals surface area (Å²) in [5.74, 6) is 0.242. The van der Waals surface area contributed by atoms with Gasteiger partial charge in [-0.15, -0.1) is 0 Å². The van der Waals surface area contributed by atoms with Gasteiger partial charge in [-0.1, -0.05) is 12.1 Å². The molecule has 4 rings (SSSR count). The van der Waals surface area contributed by atoms with Crippen LogP contribution in [0.2, 0.25) is 0 Å². The van der Waals surface area contributed by atoms with Gasteiger partial charge < -0.3 is 10.8 Å². The van der Waals surface area contributed by atoms with E-state index in [4.69, 9.17) is 5.73 Å². The average Bonchev–Trinajstić information content (AvgIpc) is 3.24. The van der Waals surface area contributed by atoms with Gasteiger partial charge in [-0.2, -0.15) is 5.10 Å². The van der Waals surface area contributed by atoms with Crippen molar-refractivity contribution in [2.24, 2.45) is 7.05 Å². The van der Waals surface area contributed by atoms with E-state index >= 15 is 0 Å². The number of aryl methyl sites for hydroxylation is 3. The van der Waals surface area contributed by atoms with Gasteiger partial charge in [0.25, 0.3) is 6.43 Å². The Morgan fingerprint density at radius 1 is 1.17 bits per heavy atom. The third-order valence-corrected chi connectivity index (χ3v) is 5.31. The van der Waals surface area contributed by atoms with Crippen LogP contribution in [-0.2, 0) is 12.6 Å². The van der Waals surface area contributed by atoms with Crippen molar-refractivity contribution >= 4 is 11.5 Å². The lowest BCUT2D eigenvalue weighted by molar-refractivity contribution is -0.0883. The normalized spacial score (nSPS) is 13.9. The molecule has 0 amide bonds. The smallest absolute Gasteiger partial charge is 0.270 e. The van der Waals surface area contributed by atoms with Crippen LogP contribution in [0.5, 0.6) is 0 Å². The molecule has 0 radical (unpaired) electrons. The molecule has 0 spiro atoms. The maximum Gasteiger partial charge on any atom is 0.270 e. The highest BCUT2D eigenvalue weighted by molar-refractivity contribution is 5.74. The molecule has 9 heteroatoms. The molecule has 3 N–H and O–H groups in total. The first-order chi connectivity index (χ1) is 14.1. The Bertz CT molecular complexity index is 1260. The van der Waals surface area contributed by atoms with Crippen LogP contribution in [-0.4, -0.2) is 35.7 Å². The zero-order chi connectivity index (χ0) is 21.8. The largest absolute Gasteiger partial charge is 0.381 e. The molecule has 0 aliphatic carbocycles.